The Balaban J connectivity index is 1.43. The lowest BCUT2D eigenvalue weighted by molar-refractivity contribution is -0.284. The van der Waals surface area contributed by atoms with Gasteiger partial charge in [-0.2, -0.15) is 33.7 Å². The molecule has 0 N–H and O–H groups in total. The summed E-state index contributed by atoms with van der Waals surface area (Å²) >= 11 is 1.44. The first kappa shape index (κ1) is 34.3. The summed E-state index contributed by atoms with van der Waals surface area (Å²) in [6.45, 7) is 4.69. The SMILES string of the molecule is COc1ccc(C2(C)COc3cc(OC)ccc3C2CCCCCN(C)CCCSCCCC(F)(F)C(F)(F)F)cc1. The Morgan fingerprint density at radius 2 is 1.52 bits per heavy atom. The summed E-state index contributed by atoms with van der Waals surface area (Å²) < 4.78 is 79.7. The van der Waals surface area contributed by atoms with Gasteiger partial charge < -0.3 is 19.1 Å². The average Bonchev–Trinajstić information content (AvgIpc) is 2.96. The lowest BCUT2D eigenvalue weighted by Crippen LogP contribution is -2.40. The zero-order valence-corrected chi connectivity index (χ0v) is 25.9. The van der Waals surface area contributed by atoms with E-state index in [4.69, 9.17) is 14.2 Å². The highest BCUT2D eigenvalue weighted by Crippen LogP contribution is 2.50. The number of hydrogen-bond donors (Lipinski definition) is 0. The first-order chi connectivity index (χ1) is 19.9. The van der Waals surface area contributed by atoms with Crippen LogP contribution in [0.15, 0.2) is 42.5 Å². The Bertz CT molecular complexity index is 1100. The maximum Gasteiger partial charge on any atom is 0.453 e. The number of unbranched alkanes of at least 4 members (excludes halogenated alkanes) is 2. The number of fused-ring (bicyclic) bond motifs is 1. The molecular formula is C32H44F5NO3S. The summed E-state index contributed by atoms with van der Waals surface area (Å²) in [4.78, 5) is 2.26. The molecule has 2 aromatic rings. The van der Waals surface area contributed by atoms with E-state index in [-0.39, 0.29) is 17.8 Å². The second-order valence-electron chi connectivity index (χ2n) is 11.3. The number of nitrogens with zero attached hydrogens (tertiary/aromatic N) is 1. The molecule has 10 heteroatoms. The van der Waals surface area contributed by atoms with E-state index in [2.05, 4.69) is 37.1 Å². The van der Waals surface area contributed by atoms with Gasteiger partial charge in [0.2, 0.25) is 0 Å². The number of ether oxygens (including phenoxy) is 3. The van der Waals surface area contributed by atoms with Crippen LogP contribution in [0.4, 0.5) is 22.0 Å². The molecule has 0 fully saturated rings. The third-order valence-corrected chi connectivity index (χ3v) is 9.35. The Kier molecular flexibility index (Phi) is 12.7. The van der Waals surface area contributed by atoms with Gasteiger partial charge in [0.1, 0.15) is 17.2 Å². The van der Waals surface area contributed by atoms with Crippen LogP contribution in [0.3, 0.4) is 0 Å². The summed E-state index contributed by atoms with van der Waals surface area (Å²) in [5.74, 6) is -0.751. The van der Waals surface area contributed by atoms with Gasteiger partial charge in [-0.15, -0.1) is 0 Å². The van der Waals surface area contributed by atoms with E-state index in [0.717, 1.165) is 68.2 Å². The minimum atomic E-state index is -5.46. The molecule has 0 saturated heterocycles. The molecule has 0 aliphatic carbocycles. The molecule has 1 heterocycles. The van der Waals surface area contributed by atoms with Crippen molar-refractivity contribution in [2.45, 2.75) is 75.3 Å². The molecule has 0 aromatic heterocycles. The molecule has 2 unspecified atom stereocenters. The second-order valence-corrected chi connectivity index (χ2v) is 12.5. The normalized spacial score (nSPS) is 19.0. The van der Waals surface area contributed by atoms with E-state index < -0.39 is 18.5 Å². The van der Waals surface area contributed by atoms with Crippen LogP contribution in [0.1, 0.15) is 68.9 Å². The molecule has 1 aliphatic rings. The molecule has 0 radical (unpaired) electrons. The highest BCUT2D eigenvalue weighted by atomic mass is 32.2. The van der Waals surface area contributed by atoms with Crippen molar-refractivity contribution in [1.29, 1.82) is 0 Å². The fourth-order valence-corrected chi connectivity index (χ4v) is 6.44. The van der Waals surface area contributed by atoms with E-state index in [1.54, 1.807) is 14.2 Å². The zero-order chi connectivity index (χ0) is 30.8. The molecule has 1 aliphatic heterocycles. The topological polar surface area (TPSA) is 30.9 Å². The van der Waals surface area contributed by atoms with Gasteiger partial charge in [-0.25, -0.2) is 0 Å². The zero-order valence-electron chi connectivity index (χ0n) is 25.1. The van der Waals surface area contributed by atoms with E-state index >= 15 is 0 Å². The number of methoxy groups -OCH3 is 2. The molecule has 2 atom stereocenters. The van der Waals surface area contributed by atoms with Crippen molar-refractivity contribution in [1.82, 2.24) is 4.90 Å². The average molecular weight is 618 g/mol. The number of alkyl halides is 5. The van der Waals surface area contributed by atoms with Crippen molar-refractivity contribution in [3.8, 4) is 17.2 Å². The first-order valence-electron chi connectivity index (χ1n) is 14.6. The van der Waals surface area contributed by atoms with Crippen molar-refractivity contribution in [2.24, 2.45) is 0 Å². The van der Waals surface area contributed by atoms with Crippen LogP contribution in [0.25, 0.3) is 0 Å². The maximum absolute atomic E-state index is 13.0. The quantitative estimate of drug-likeness (QED) is 0.131. The van der Waals surface area contributed by atoms with Crippen LogP contribution in [-0.2, 0) is 5.41 Å². The fourth-order valence-electron chi connectivity index (χ4n) is 5.55. The minimum Gasteiger partial charge on any atom is -0.497 e. The summed E-state index contributed by atoms with van der Waals surface area (Å²) in [6, 6.07) is 14.4. The minimum absolute atomic E-state index is 0.143. The van der Waals surface area contributed by atoms with E-state index in [0.29, 0.717) is 12.4 Å². The van der Waals surface area contributed by atoms with Gasteiger partial charge >= 0.3 is 12.1 Å². The molecule has 236 valence electrons. The Morgan fingerprint density at radius 3 is 2.19 bits per heavy atom. The fraction of sp³-hybridized carbons (Fsp3) is 0.625. The van der Waals surface area contributed by atoms with Crippen molar-refractivity contribution in [3.05, 3.63) is 53.6 Å². The predicted octanol–water partition coefficient (Wildman–Crippen LogP) is 8.73. The lowest BCUT2D eigenvalue weighted by Gasteiger charge is -2.43. The Morgan fingerprint density at radius 1 is 0.881 bits per heavy atom. The van der Waals surface area contributed by atoms with Crippen molar-refractivity contribution in [2.75, 3.05) is 52.5 Å². The molecular weight excluding hydrogens is 573 g/mol. The third kappa shape index (κ3) is 9.15. The molecule has 42 heavy (non-hydrogen) atoms. The van der Waals surface area contributed by atoms with E-state index in [1.807, 2.05) is 24.3 Å². The largest absolute Gasteiger partial charge is 0.497 e. The summed E-state index contributed by atoms with van der Waals surface area (Å²) in [6.07, 6.45) is -1.61. The van der Waals surface area contributed by atoms with Crippen LogP contribution < -0.4 is 14.2 Å². The molecule has 0 amide bonds. The third-order valence-electron chi connectivity index (χ3n) is 8.20. The molecule has 2 aromatic carbocycles. The molecule has 0 bridgehead atoms. The maximum atomic E-state index is 13.0. The Hall–Kier alpha value is -2.20. The standard InChI is InChI=1S/C32H44F5NO3S/c1-30(24-11-13-25(39-3)14-12-24)23-41-29-22-26(40-4)15-16-27(29)28(30)10-6-5-7-18-38(2)19-9-21-42-20-8-17-31(33,34)32(35,36)37/h11-16,22,28H,5-10,17-21,23H2,1-4H3. The number of halogens is 5. The van der Waals surface area contributed by atoms with Gasteiger partial charge in [0, 0.05) is 23.8 Å². The summed E-state index contributed by atoms with van der Waals surface area (Å²) in [5.41, 5.74) is 2.24. The van der Waals surface area contributed by atoms with Gasteiger partial charge in [-0.1, -0.05) is 38.0 Å². The number of hydrogen-bond acceptors (Lipinski definition) is 5. The summed E-state index contributed by atoms with van der Waals surface area (Å²) in [5, 5.41) is 0. The molecule has 4 nitrogen and oxygen atoms in total. The number of rotatable bonds is 17. The Labute approximate surface area is 251 Å². The van der Waals surface area contributed by atoms with Gasteiger partial charge in [0.25, 0.3) is 0 Å². The van der Waals surface area contributed by atoms with Crippen LogP contribution in [0, 0.1) is 0 Å². The van der Waals surface area contributed by atoms with Gasteiger partial charge in [0.05, 0.1) is 20.8 Å². The number of thioether (sulfide) groups is 1. The van der Waals surface area contributed by atoms with Gasteiger partial charge in [0.15, 0.2) is 0 Å². The second kappa shape index (κ2) is 15.5. The van der Waals surface area contributed by atoms with Crippen LogP contribution in [-0.4, -0.2) is 69.5 Å². The highest BCUT2D eigenvalue weighted by Gasteiger charge is 2.56. The smallest absolute Gasteiger partial charge is 0.453 e. The highest BCUT2D eigenvalue weighted by molar-refractivity contribution is 7.99. The van der Waals surface area contributed by atoms with Gasteiger partial charge in [-0.3, -0.25) is 0 Å². The van der Waals surface area contributed by atoms with Crippen LogP contribution in [0.5, 0.6) is 17.2 Å². The van der Waals surface area contributed by atoms with Crippen molar-refractivity contribution < 1.29 is 36.2 Å². The van der Waals surface area contributed by atoms with E-state index in [1.165, 1.54) is 22.9 Å². The lowest BCUT2D eigenvalue weighted by atomic mass is 9.66. The predicted molar refractivity (Wildman–Crippen MR) is 160 cm³/mol. The first-order valence-corrected chi connectivity index (χ1v) is 15.7. The molecule has 0 spiro atoms. The van der Waals surface area contributed by atoms with Crippen LogP contribution in [0.2, 0.25) is 0 Å². The summed E-state index contributed by atoms with van der Waals surface area (Å²) in [7, 11) is 5.39. The van der Waals surface area contributed by atoms with Crippen molar-refractivity contribution >= 4 is 11.8 Å². The van der Waals surface area contributed by atoms with Crippen molar-refractivity contribution in [3.63, 3.8) is 0 Å². The number of benzene rings is 2. The monoisotopic (exact) mass is 617 g/mol. The molecule has 3 rings (SSSR count). The van der Waals surface area contributed by atoms with Crippen LogP contribution >= 0.6 is 11.8 Å². The van der Waals surface area contributed by atoms with E-state index in [9.17, 15) is 22.0 Å². The molecule has 0 saturated carbocycles. The van der Waals surface area contributed by atoms with Gasteiger partial charge in [-0.05, 0) is 86.7 Å².